The average Bonchev–Trinajstić information content (AvgIpc) is 2.99. The molecule has 2 aliphatic rings. The van der Waals surface area contributed by atoms with Crippen LogP contribution in [0.5, 0.6) is 0 Å². The van der Waals surface area contributed by atoms with Crippen molar-refractivity contribution >= 4 is 27.3 Å². The number of nitrogens with one attached hydrogen (secondary N) is 1. The molecule has 5 nitrogen and oxygen atoms in total. The molecule has 0 radical (unpaired) electrons. The van der Waals surface area contributed by atoms with Gasteiger partial charge in [0.15, 0.2) is 0 Å². The predicted octanol–water partition coefficient (Wildman–Crippen LogP) is 4.10. The number of aryl methyl sites for hydroxylation is 3. The van der Waals surface area contributed by atoms with Crippen molar-refractivity contribution in [3.05, 3.63) is 52.6 Å². The summed E-state index contributed by atoms with van der Waals surface area (Å²) in [5.41, 5.74) is 5.32. The third-order valence-corrected chi connectivity index (χ3v) is 7.24. The van der Waals surface area contributed by atoms with E-state index in [9.17, 15) is 13.2 Å². The van der Waals surface area contributed by atoms with Crippen molar-refractivity contribution in [2.75, 3.05) is 16.2 Å². The molecule has 0 atom stereocenters. The summed E-state index contributed by atoms with van der Waals surface area (Å²) in [6.07, 6.45) is 3.75. The molecule has 0 spiro atoms. The molecule has 1 saturated carbocycles. The number of rotatable bonds is 4. The summed E-state index contributed by atoms with van der Waals surface area (Å²) >= 11 is 0. The van der Waals surface area contributed by atoms with Crippen molar-refractivity contribution < 1.29 is 13.2 Å². The van der Waals surface area contributed by atoms with Gasteiger partial charge in [-0.25, -0.2) is 8.42 Å². The lowest BCUT2D eigenvalue weighted by molar-refractivity contribution is -0.124. The van der Waals surface area contributed by atoms with Gasteiger partial charge >= 0.3 is 0 Å². The van der Waals surface area contributed by atoms with Crippen LogP contribution in [0.2, 0.25) is 0 Å². The third-order valence-electron chi connectivity index (χ3n) is 5.89. The molecule has 1 fully saturated rings. The first kappa shape index (κ1) is 19.0. The highest BCUT2D eigenvalue weighted by Gasteiger charge is 2.34. The molecule has 1 aliphatic heterocycles. The van der Waals surface area contributed by atoms with E-state index in [0.29, 0.717) is 18.7 Å². The summed E-state index contributed by atoms with van der Waals surface area (Å²) in [6, 6.07) is 9.04. The van der Waals surface area contributed by atoms with Gasteiger partial charge in [0.05, 0.1) is 10.6 Å². The van der Waals surface area contributed by atoms with Gasteiger partial charge in [-0.2, -0.15) is 0 Å². The van der Waals surface area contributed by atoms with Crippen molar-refractivity contribution in [2.45, 2.75) is 51.3 Å². The van der Waals surface area contributed by atoms with E-state index in [1.807, 2.05) is 37.8 Å². The third kappa shape index (κ3) is 3.30. The number of anilines is 2. The number of nitrogens with zero attached hydrogens (tertiary/aromatic N) is 1. The van der Waals surface area contributed by atoms with Gasteiger partial charge in [-0.05, 0) is 74.9 Å². The van der Waals surface area contributed by atoms with E-state index in [-0.39, 0.29) is 16.7 Å². The first-order chi connectivity index (χ1) is 13.3. The fraction of sp³-hybridized carbons (Fsp3) is 0.409. The van der Waals surface area contributed by atoms with Crippen LogP contribution in [-0.4, -0.2) is 20.9 Å². The van der Waals surface area contributed by atoms with Crippen LogP contribution in [0.3, 0.4) is 0 Å². The quantitative estimate of drug-likeness (QED) is 0.843. The Morgan fingerprint density at radius 2 is 1.75 bits per heavy atom. The number of benzene rings is 2. The molecule has 0 aromatic heterocycles. The van der Waals surface area contributed by atoms with Crippen LogP contribution in [0.25, 0.3) is 0 Å². The van der Waals surface area contributed by atoms with Gasteiger partial charge in [0.2, 0.25) is 5.91 Å². The van der Waals surface area contributed by atoms with E-state index < -0.39 is 10.0 Å². The Morgan fingerprint density at radius 1 is 1.07 bits per heavy atom. The number of sulfonamides is 1. The number of carbonyl (C=O) groups is 1. The van der Waals surface area contributed by atoms with E-state index in [4.69, 9.17) is 0 Å². The van der Waals surface area contributed by atoms with Gasteiger partial charge in [0.1, 0.15) is 0 Å². The molecule has 0 bridgehead atoms. The molecule has 6 heteroatoms. The zero-order valence-electron chi connectivity index (χ0n) is 16.6. The standard InChI is InChI=1S/C22H26N2O3S/c1-14-11-15(2)21(16(3)12-14)23-28(26,27)19-7-8-20-18(13-19)9-10-24(20)22(25)17-5-4-6-17/h7-8,11-13,17,23H,4-6,9-10H2,1-3H3. The maximum absolute atomic E-state index is 13.0. The van der Waals surface area contributed by atoms with Crippen LogP contribution < -0.4 is 9.62 Å². The molecular formula is C22H26N2O3S. The van der Waals surface area contributed by atoms with Crippen molar-refractivity contribution in [2.24, 2.45) is 5.92 Å². The maximum atomic E-state index is 13.0. The molecule has 148 valence electrons. The van der Waals surface area contributed by atoms with Crippen molar-refractivity contribution in [3.63, 3.8) is 0 Å². The van der Waals surface area contributed by atoms with Crippen molar-refractivity contribution in [1.29, 1.82) is 0 Å². The zero-order valence-corrected chi connectivity index (χ0v) is 17.4. The molecule has 0 unspecified atom stereocenters. The first-order valence-electron chi connectivity index (χ1n) is 9.81. The monoisotopic (exact) mass is 398 g/mol. The fourth-order valence-corrected chi connectivity index (χ4v) is 5.44. The number of amides is 1. The second-order valence-electron chi connectivity index (χ2n) is 8.04. The molecule has 28 heavy (non-hydrogen) atoms. The summed E-state index contributed by atoms with van der Waals surface area (Å²) in [4.78, 5) is 14.7. The van der Waals surface area contributed by atoms with E-state index in [1.165, 1.54) is 0 Å². The summed E-state index contributed by atoms with van der Waals surface area (Å²) < 4.78 is 28.7. The molecule has 2 aromatic carbocycles. The van der Waals surface area contributed by atoms with E-state index in [1.54, 1.807) is 18.2 Å². The Kier molecular flexibility index (Phi) is 4.70. The Morgan fingerprint density at radius 3 is 2.36 bits per heavy atom. The molecule has 1 aliphatic carbocycles. The lowest BCUT2D eigenvalue weighted by Gasteiger charge is -2.29. The molecule has 2 aromatic rings. The molecule has 0 saturated heterocycles. The van der Waals surface area contributed by atoms with Crippen LogP contribution in [0.15, 0.2) is 35.2 Å². The predicted molar refractivity (Wildman–Crippen MR) is 111 cm³/mol. The van der Waals surface area contributed by atoms with Crippen molar-refractivity contribution in [3.8, 4) is 0 Å². The number of carbonyl (C=O) groups excluding carboxylic acids is 1. The Labute approximate surface area is 166 Å². The Bertz CT molecular complexity index is 1030. The second-order valence-corrected chi connectivity index (χ2v) is 9.72. The minimum Gasteiger partial charge on any atom is -0.312 e. The summed E-state index contributed by atoms with van der Waals surface area (Å²) in [6.45, 7) is 6.45. The van der Waals surface area contributed by atoms with E-state index >= 15 is 0 Å². The smallest absolute Gasteiger partial charge is 0.261 e. The number of hydrogen-bond acceptors (Lipinski definition) is 3. The first-order valence-corrected chi connectivity index (χ1v) is 11.3. The van der Waals surface area contributed by atoms with E-state index in [0.717, 1.165) is 47.2 Å². The van der Waals surface area contributed by atoms with Crippen LogP contribution in [0, 0.1) is 26.7 Å². The minimum absolute atomic E-state index is 0.142. The Balaban J connectivity index is 1.61. The molecule has 1 amide bonds. The van der Waals surface area contributed by atoms with Crippen molar-refractivity contribution in [1.82, 2.24) is 0 Å². The highest BCUT2D eigenvalue weighted by atomic mass is 32.2. The average molecular weight is 399 g/mol. The summed E-state index contributed by atoms with van der Waals surface area (Å²) in [5, 5.41) is 0. The molecule has 1 heterocycles. The van der Waals surface area contributed by atoms with E-state index in [2.05, 4.69) is 4.72 Å². The lowest BCUT2D eigenvalue weighted by Crippen LogP contribution is -2.37. The minimum atomic E-state index is -3.69. The summed E-state index contributed by atoms with van der Waals surface area (Å²) in [7, 11) is -3.69. The molecule has 1 N–H and O–H groups in total. The zero-order chi connectivity index (χ0) is 20.1. The van der Waals surface area contributed by atoms with Crippen LogP contribution in [0.1, 0.15) is 41.5 Å². The van der Waals surface area contributed by atoms with Gasteiger partial charge < -0.3 is 4.90 Å². The summed E-state index contributed by atoms with van der Waals surface area (Å²) in [5.74, 6) is 0.327. The van der Waals surface area contributed by atoms with Gasteiger partial charge in [0, 0.05) is 18.2 Å². The Hall–Kier alpha value is -2.34. The molecule has 4 rings (SSSR count). The number of hydrogen-bond donors (Lipinski definition) is 1. The van der Waals surface area contributed by atoms with Gasteiger partial charge in [-0.1, -0.05) is 24.1 Å². The van der Waals surface area contributed by atoms with Crippen LogP contribution in [-0.2, 0) is 21.2 Å². The van der Waals surface area contributed by atoms with Gasteiger partial charge in [0.25, 0.3) is 10.0 Å². The fourth-order valence-electron chi connectivity index (χ4n) is 4.18. The van der Waals surface area contributed by atoms with Gasteiger partial charge in [-0.15, -0.1) is 0 Å². The van der Waals surface area contributed by atoms with Gasteiger partial charge in [-0.3, -0.25) is 9.52 Å². The maximum Gasteiger partial charge on any atom is 0.261 e. The number of fused-ring (bicyclic) bond motifs is 1. The molecular weight excluding hydrogens is 372 g/mol. The lowest BCUT2D eigenvalue weighted by atomic mass is 9.84. The second kappa shape index (κ2) is 6.92. The largest absolute Gasteiger partial charge is 0.312 e. The van der Waals surface area contributed by atoms with Crippen LogP contribution >= 0.6 is 0 Å². The van der Waals surface area contributed by atoms with Crippen LogP contribution in [0.4, 0.5) is 11.4 Å². The SMILES string of the molecule is Cc1cc(C)c(NS(=O)(=O)c2ccc3c(c2)CCN3C(=O)C2CCC2)c(C)c1. The highest BCUT2D eigenvalue weighted by molar-refractivity contribution is 7.92. The topological polar surface area (TPSA) is 66.5 Å². The highest BCUT2D eigenvalue weighted by Crippen LogP contribution is 2.36. The normalized spacial score (nSPS) is 16.6.